The summed E-state index contributed by atoms with van der Waals surface area (Å²) in [7, 11) is -0.639. The Labute approximate surface area is 277 Å². The molecule has 14 heteroatoms. The predicted molar refractivity (Wildman–Crippen MR) is 172 cm³/mol. The molecule has 0 radical (unpaired) electrons. The van der Waals surface area contributed by atoms with E-state index in [1.807, 2.05) is 0 Å². The lowest BCUT2D eigenvalue weighted by Gasteiger charge is -2.36. The lowest BCUT2D eigenvalue weighted by atomic mass is 9.83. The molecule has 1 aromatic heterocycles. The van der Waals surface area contributed by atoms with E-state index < -0.39 is 49.5 Å². The molecule has 1 amide bonds. The van der Waals surface area contributed by atoms with E-state index in [4.69, 9.17) is 18.6 Å². The number of rotatable bonds is 12. The van der Waals surface area contributed by atoms with Gasteiger partial charge in [-0.25, -0.2) is 9.37 Å². The van der Waals surface area contributed by atoms with Crippen LogP contribution in [0.2, 0.25) is 18.1 Å². The highest BCUT2D eigenvalue weighted by atomic mass is 28.4. The average Bonchev–Trinajstić information content (AvgIpc) is 3.37. The summed E-state index contributed by atoms with van der Waals surface area (Å²) in [6.45, 7) is 11.1. The van der Waals surface area contributed by atoms with Crippen LogP contribution in [0.1, 0.15) is 49.3 Å². The number of alkyl halides is 3. The Kier molecular flexibility index (Phi) is 10.3. The van der Waals surface area contributed by atoms with Crippen molar-refractivity contribution in [3.63, 3.8) is 0 Å². The molecule has 1 unspecified atom stereocenters. The molecule has 0 bridgehead atoms. The summed E-state index contributed by atoms with van der Waals surface area (Å²) < 4.78 is 80.6. The zero-order valence-electron chi connectivity index (χ0n) is 27.9. The van der Waals surface area contributed by atoms with Gasteiger partial charge in [-0.3, -0.25) is 4.79 Å². The molecule has 2 N–H and O–H groups in total. The molecule has 2 atom stereocenters. The molecule has 1 aliphatic rings. The predicted octanol–water partition coefficient (Wildman–Crippen LogP) is 6.33. The first-order valence-corrected chi connectivity index (χ1v) is 18.1. The summed E-state index contributed by atoms with van der Waals surface area (Å²) in [5.74, 6) is -1.03. The molecule has 3 aromatic rings. The molecule has 4 rings (SSSR count). The zero-order chi connectivity index (χ0) is 35.7. The number of methoxy groups -OCH3 is 1. The van der Waals surface area contributed by atoms with Gasteiger partial charge in [-0.2, -0.15) is 13.2 Å². The van der Waals surface area contributed by atoms with Gasteiger partial charge >= 0.3 is 6.18 Å². The van der Waals surface area contributed by atoms with Crippen LogP contribution in [0.5, 0.6) is 17.2 Å². The minimum atomic E-state index is -5.33. The van der Waals surface area contributed by atoms with Crippen LogP contribution in [-0.2, 0) is 20.2 Å². The molecule has 2 heterocycles. The van der Waals surface area contributed by atoms with Crippen LogP contribution in [0.3, 0.4) is 0 Å². The molecule has 1 aliphatic heterocycles. The summed E-state index contributed by atoms with van der Waals surface area (Å²) in [4.78, 5) is 29.3. The highest BCUT2D eigenvalue weighted by Crippen LogP contribution is 2.47. The molecule has 0 saturated carbocycles. The number of hydrogen-bond donors (Lipinski definition) is 2. The molecule has 48 heavy (non-hydrogen) atoms. The van der Waals surface area contributed by atoms with E-state index in [0.717, 1.165) is 18.2 Å². The quantitative estimate of drug-likeness (QED) is 0.0981. The van der Waals surface area contributed by atoms with Gasteiger partial charge in [-0.1, -0.05) is 20.8 Å². The molecule has 2 aromatic carbocycles. The maximum absolute atomic E-state index is 14.7. The number of benzene rings is 2. The number of aliphatic hydroxyl groups is 1. The van der Waals surface area contributed by atoms with Crippen LogP contribution in [-0.4, -0.2) is 70.3 Å². The van der Waals surface area contributed by atoms with Crippen LogP contribution >= 0.6 is 0 Å². The minimum Gasteiger partial charge on any atom is -0.493 e. The van der Waals surface area contributed by atoms with Crippen LogP contribution in [0.4, 0.5) is 17.6 Å². The van der Waals surface area contributed by atoms with Crippen LogP contribution in [0.25, 0.3) is 11.3 Å². The van der Waals surface area contributed by atoms with E-state index in [1.54, 1.807) is 0 Å². The van der Waals surface area contributed by atoms with Crippen molar-refractivity contribution in [3.8, 4) is 28.5 Å². The van der Waals surface area contributed by atoms with Crippen LogP contribution in [0, 0.1) is 5.82 Å². The third-order valence-electron chi connectivity index (χ3n) is 8.92. The molecule has 0 spiro atoms. The third-order valence-corrected chi connectivity index (χ3v) is 13.5. The van der Waals surface area contributed by atoms with Gasteiger partial charge in [-0.15, -0.1) is 0 Å². The van der Waals surface area contributed by atoms with E-state index >= 15 is 0 Å². The monoisotopic (exact) mass is 692 g/mol. The van der Waals surface area contributed by atoms with Gasteiger partial charge in [0.2, 0.25) is 5.60 Å². The average molecular weight is 693 g/mol. The smallest absolute Gasteiger partial charge is 0.424 e. The number of hydrogen-bond acceptors (Lipinski definition) is 8. The number of nitrogens with one attached hydrogen (secondary N) is 1. The Morgan fingerprint density at radius 3 is 2.33 bits per heavy atom. The Morgan fingerprint density at radius 1 is 1.08 bits per heavy atom. The van der Waals surface area contributed by atoms with Crippen LogP contribution < -0.4 is 19.5 Å². The minimum absolute atomic E-state index is 0.0178. The molecule has 0 fully saturated rings. The summed E-state index contributed by atoms with van der Waals surface area (Å²) in [5.41, 5.74) is -5.86. The second kappa shape index (κ2) is 13.5. The number of carbonyl (C=O) groups is 2. The second-order valence-electron chi connectivity index (χ2n) is 13.4. The first kappa shape index (κ1) is 36.8. The topological polar surface area (TPSA) is 116 Å². The SMILES string of the molecule is COc1cc(C(=O)NCC(O)(c2cc3c(c(-c4ccc(F)cc4)n2)OC[C@]3(C)C=O)C(F)(F)F)ccc1OCCO[Si](C)(C)C(C)(C)C. The summed E-state index contributed by atoms with van der Waals surface area (Å²) in [6.07, 6.45) is -4.80. The van der Waals surface area contributed by atoms with Crippen molar-refractivity contribution < 1.29 is 50.9 Å². The van der Waals surface area contributed by atoms with Gasteiger partial charge in [0.15, 0.2) is 19.8 Å². The molecule has 0 aliphatic carbocycles. The number of halogens is 4. The highest BCUT2D eigenvalue weighted by molar-refractivity contribution is 6.74. The molecule has 260 valence electrons. The molecule has 9 nitrogen and oxygen atoms in total. The first-order chi connectivity index (χ1) is 22.3. The van der Waals surface area contributed by atoms with Crippen molar-refractivity contribution in [3.05, 3.63) is 71.2 Å². The molecular weight excluding hydrogens is 652 g/mol. The number of ether oxygens (including phenoxy) is 3. The van der Waals surface area contributed by atoms with Gasteiger partial charge in [0.25, 0.3) is 5.91 Å². The van der Waals surface area contributed by atoms with Gasteiger partial charge in [-0.05, 0) is 73.6 Å². The Balaban J connectivity index is 1.59. The summed E-state index contributed by atoms with van der Waals surface area (Å²) in [5, 5.41) is 13.4. The zero-order valence-corrected chi connectivity index (χ0v) is 28.9. The normalized spacial score (nSPS) is 17.6. The van der Waals surface area contributed by atoms with Gasteiger partial charge in [0, 0.05) is 16.7 Å². The van der Waals surface area contributed by atoms with Gasteiger partial charge in [0.1, 0.15) is 36.8 Å². The third kappa shape index (κ3) is 7.35. The van der Waals surface area contributed by atoms with Crippen molar-refractivity contribution in [2.75, 3.05) is 33.5 Å². The Morgan fingerprint density at radius 2 is 1.75 bits per heavy atom. The summed E-state index contributed by atoms with van der Waals surface area (Å²) >= 11 is 0. The Hall–Kier alpha value is -4.01. The molecule has 0 saturated heterocycles. The first-order valence-electron chi connectivity index (χ1n) is 15.2. The van der Waals surface area contributed by atoms with Gasteiger partial charge in [0.05, 0.1) is 31.4 Å². The lowest BCUT2D eigenvalue weighted by molar-refractivity contribution is -0.265. The van der Waals surface area contributed by atoms with Crippen molar-refractivity contribution >= 4 is 20.5 Å². The van der Waals surface area contributed by atoms with Crippen molar-refractivity contribution in [2.45, 2.75) is 63.0 Å². The van der Waals surface area contributed by atoms with Crippen LogP contribution in [0.15, 0.2) is 48.5 Å². The van der Waals surface area contributed by atoms with E-state index in [0.29, 0.717) is 18.6 Å². The number of amides is 1. The van der Waals surface area contributed by atoms with E-state index in [-0.39, 0.29) is 52.1 Å². The fourth-order valence-corrected chi connectivity index (χ4v) is 5.78. The van der Waals surface area contributed by atoms with Gasteiger partial charge < -0.3 is 33.9 Å². The van der Waals surface area contributed by atoms with E-state index in [2.05, 4.69) is 44.2 Å². The van der Waals surface area contributed by atoms with Crippen molar-refractivity contribution in [1.82, 2.24) is 10.3 Å². The lowest BCUT2D eigenvalue weighted by Crippen LogP contribution is -2.51. The molecular formula is C34H40F4N2O7Si. The van der Waals surface area contributed by atoms with Crippen molar-refractivity contribution in [1.29, 1.82) is 0 Å². The van der Waals surface area contributed by atoms with E-state index in [1.165, 1.54) is 44.4 Å². The standard InChI is InChI=1S/C34H40F4N2O7Si/c1-31(2,3)48(6,7)47-15-14-45-25-13-10-22(16-26(25)44-5)30(42)39-18-33(43,34(36,37)38)27-17-24-29(46-20-32(24,4)19-41)28(40-27)21-8-11-23(35)12-9-21/h8-13,16-17,19,43H,14-15,18,20H2,1-7H3,(H,39,42)/t32-,33?/m0/s1. The maximum Gasteiger partial charge on any atom is 0.424 e. The fourth-order valence-electron chi connectivity index (χ4n) is 4.76. The second-order valence-corrected chi connectivity index (χ2v) is 18.2. The Bertz CT molecular complexity index is 1660. The highest BCUT2D eigenvalue weighted by Gasteiger charge is 2.57. The number of pyridine rings is 1. The fraction of sp³-hybridized carbons (Fsp3) is 0.441. The number of nitrogens with zero attached hydrogens (tertiary/aromatic N) is 1. The van der Waals surface area contributed by atoms with Crippen molar-refractivity contribution in [2.24, 2.45) is 0 Å². The number of aromatic nitrogens is 1. The summed E-state index contributed by atoms with van der Waals surface area (Å²) in [6, 6.07) is 9.82. The number of aldehydes is 1. The van der Waals surface area contributed by atoms with E-state index in [9.17, 15) is 32.3 Å². The number of carbonyl (C=O) groups excluding carboxylic acids is 2. The number of fused-ring (bicyclic) bond motifs is 1. The largest absolute Gasteiger partial charge is 0.493 e. The maximum atomic E-state index is 14.7.